The van der Waals surface area contributed by atoms with E-state index in [1.165, 1.54) is 39.1 Å². The smallest absolute Gasteiger partial charge is 0.503 e. The van der Waals surface area contributed by atoms with Gasteiger partial charge in [-0.3, -0.25) is 0 Å². The van der Waals surface area contributed by atoms with Crippen molar-refractivity contribution in [3.05, 3.63) is 208 Å². The number of hydrogen-bond donors (Lipinski definition) is 0. The van der Waals surface area contributed by atoms with Crippen molar-refractivity contribution >= 4 is 28.7 Å². The van der Waals surface area contributed by atoms with E-state index in [0.717, 1.165) is 46.3 Å². The van der Waals surface area contributed by atoms with E-state index < -0.39 is 0 Å². The number of aliphatic imine (C=N–C) groups is 1. The van der Waals surface area contributed by atoms with Crippen molar-refractivity contribution in [2.45, 2.75) is 117 Å². The molecule has 0 radical (unpaired) electrons. The zero-order chi connectivity index (χ0) is 46.5. The van der Waals surface area contributed by atoms with E-state index in [-0.39, 0.29) is 49.8 Å². The number of rotatable bonds is 11. The SMILES string of the molecule is CC(C)c1cc(Oc2[c-]c3c(cc2)C(C)(C)c2ccccc2N3c2cc(C(C)(C)C)ccn2)[c-]c(C2=N[C@H](C(c3ccccc3)c3ccccc3)CN2c2c(C(C)C)cccc2C(C)C)c1.[Pt+2]. The van der Waals surface area contributed by atoms with Crippen molar-refractivity contribution in [1.82, 2.24) is 4.98 Å². The van der Waals surface area contributed by atoms with Crippen molar-refractivity contribution in [3.63, 3.8) is 0 Å². The van der Waals surface area contributed by atoms with Crippen LogP contribution in [-0.2, 0) is 31.9 Å². The van der Waals surface area contributed by atoms with E-state index in [1.807, 2.05) is 6.20 Å². The van der Waals surface area contributed by atoms with Gasteiger partial charge in [-0.2, -0.15) is 6.07 Å². The van der Waals surface area contributed by atoms with Gasteiger partial charge in [0.05, 0.1) is 11.9 Å². The minimum absolute atomic E-state index is 0. The molecule has 2 aliphatic rings. The van der Waals surface area contributed by atoms with Gasteiger partial charge in [0, 0.05) is 41.5 Å². The molecule has 0 spiro atoms. The van der Waals surface area contributed by atoms with Crippen LogP contribution in [0.4, 0.5) is 22.9 Å². The predicted molar refractivity (Wildman–Crippen MR) is 275 cm³/mol. The van der Waals surface area contributed by atoms with E-state index in [9.17, 15) is 0 Å². The number of pyridine rings is 1. The van der Waals surface area contributed by atoms with Gasteiger partial charge in [0.15, 0.2) is 0 Å². The number of nitrogens with zero attached hydrogens (tertiary/aromatic N) is 4. The monoisotopic (exact) mass is 1060 g/mol. The van der Waals surface area contributed by atoms with Crippen molar-refractivity contribution < 1.29 is 25.8 Å². The standard InChI is InChI=1S/C61H64N4O.Pt/c1-39(2)44-33-45(59-63-53(57(42-21-14-12-15-22-42)43-23-16-13-17-24-43)38-64(59)58-49(40(3)4)25-20-26-50(58)41(5)6)35-48(34-44)66-47-29-30-52-55(37-47)65(54-28-19-18-27-51(54)61(52,10)11)56-36-46(31-32-62-56)60(7,8)9;/h12-34,36,39-41,53,57H,38H2,1-11H3;/q-2;+2/t53-;/m0./s1. The number of aromatic nitrogens is 1. The summed E-state index contributed by atoms with van der Waals surface area (Å²) in [5.74, 6) is 3.93. The zero-order valence-electron chi connectivity index (χ0n) is 41.0. The Balaban J connectivity index is 0.00000608. The molecule has 0 saturated heterocycles. The third-order valence-corrected chi connectivity index (χ3v) is 13.7. The normalized spacial score (nSPS) is 15.4. The third kappa shape index (κ3) is 9.29. The van der Waals surface area contributed by atoms with Gasteiger partial charge >= 0.3 is 21.1 Å². The van der Waals surface area contributed by atoms with Crippen LogP contribution < -0.4 is 14.5 Å². The number of para-hydroxylation sites is 2. The molecule has 0 N–H and O–H groups in total. The van der Waals surface area contributed by atoms with Crippen LogP contribution in [0.15, 0.2) is 151 Å². The van der Waals surface area contributed by atoms with Crippen molar-refractivity contribution in [3.8, 4) is 11.5 Å². The number of anilines is 4. The molecule has 1 atom stereocenters. The fourth-order valence-electron chi connectivity index (χ4n) is 10.0. The molecule has 0 aliphatic carbocycles. The minimum atomic E-state index is -0.283. The summed E-state index contributed by atoms with van der Waals surface area (Å²) in [6.45, 7) is 25.7. The molecule has 5 nitrogen and oxygen atoms in total. The average Bonchev–Trinajstić information content (AvgIpc) is 3.74. The fourth-order valence-corrected chi connectivity index (χ4v) is 10.0. The number of benzene rings is 6. The van der Waals surface area contributed by atoms with Gasteiger partial charge in [-0.1, -0.05) is 191 Å². The van der Waals surface area contributed by atoms with E-state index in [1.54, 1.807) is 0 Å². The van der Waals surface area contributed by atoms with E-state index in [0.29, 0.717) is 23.3 Å². The molecule has 0 fully saturated rings. The van der Waals surface area contributed by atoms with Crippen LogP contribution >= 0.6 is 0 Å². The molecule has 0 bridgehead atoms. The topological polar surface area (TPSA) is 41.0 Å². The number of ether oxygens (including phenoxy) is 1. The van der Waals surface area contributed by atoms with Gasteiger partial charge in [-0.25, -0.2) is 4.98 Å². The summed E-state index contributed by atoms with van der Waals surface area (Å²) in [7, 11) is 0. The molecule has 2 aliphatic heterocycles. The number of fused-ring (bicyclic) bond motifs is 2. The molecule has 9 rings (SSSR count). The predicted octanol–water partition coefficient (Wildman–Crippen LogP) is 15.7. The maximum atomic E-state index is 7.00. The first-order valence-electron chi connectivity index (χ1n) is 23.9. The molecule has 1 aromatic heterocycles. The zero-order valence-corrected chi connectivity index (χ0v) is 43.2. The van der Waals surface area contributed by atoms with E-state index in [4.69, 9.17) is 14.7 Å². The van der Waals surface area contributed by atoms with Crippen LogP contribution in [0.25, 0.3) is 0 Å². The molecule has 0 unspecified atom stereocenters. The molecule has 0 amide bonds. The minimum Gasteiger partial charge on any atom is -0.503 e. The molecular formula is C61H64N4OPt. The maximum absolute atomic E-state index is 7.00. The van der Waals surface area contributed by atoms with Crippen LogP contribution in [0.3, 0.4) is 0 Å². The Morgan fingerprint density at radius 3 is 1.88 bits per heavy atom. The first kappa shape index (κ1) is 47.7. The largest absolute Gasteiger partial charge is 2.00 e. The Morgan fingerprint density at radius 2 is 1.27 bits per heavy atom. The van der Waals surface area contributed by atoms with Crippen LogP contribution in [-0.4, -0.2) is 23.4 Å². The summed E-state index contributed by atoms with van der Waals surface area (Å²) in [5, 5.41) is 0. The van der Waals surface area contributed by atoms with Gasteiger partial charge in [0.2, 0.25) is 0 Å². The third-order valence-electron chi connectivity index (χ3n) is 13.7. The Bertz CT molecular complexity index is 2830. The van der Waals surface area contributed by atoms with Crippen LogP contribution in [0.1, 0.15) is 150 Å². The second-order valence-electron chi connectivity index (χ2n) is 20.7. The van der Waals surface area contributed by atoms with Gasteiger partial charge < -0.3 is 19.5 Å². The molecule has 67 heavy (non-hydrogen) atoms. The summed E-state index contributed by atoms with van der Waals surface area (Å²) >= 11 is 0. The van der Waals surface area contributed by atoms with Crippen molar-refractivity contribution in [2.75, 3.05) is 16.3 Å². The Labute approximate surface area is 414 Å². The summed E-state index contributed by atoms with van der Waals surface area (Å²) < 4.78 is 7.00. The molecular weight excluding hydrogens is 1000 g/mol. The van der Waals surface area contributed by atoms with Gasteiger partial charge in [0.25, 0.3) is 0 Å². The first-order chi connectivity index (χ1) is 31.6. The maximum Gasteiger partial charge on any atom is 2.00 e. The number of hydrogen-bond acceptors (Lipinski definition) is 5. The summed E-state index contributed by atoms with van der Waals surface area (Å²) in [4.78, 5) is 15.6. The molecule has 3 heterocycles. The van der Waals surface area contributed by atoms with E-state index >= 15 is 0 Å². The van der Waals surface area contributed by atoms with Crippen LogP contribution in [0, 0.1) is 12.1 Å². The van der Waals surface area contributed by atoms with E-state index in [2.05, 4.69) is 238 Å². The molecule has 6 heteroatoms. The van der Waals surface area contributed by atoms with Crippen LogP contribution in [0.2, 0.25) is 0 Å². The van der Waals surface area contributed by atoms with Crippen LogP contribution in [0.5, 0.6) is 11.5 Å². The summed E-state index contributed by atoms with van der Waals surface area (Å²) in [6, 6.07) is 57.9. The van der Waals surface area contributed by atoms with Gasteiger partial charge in [-0.15, -0.1) is 34.9 Å². The summed E-state index contributed by atoms with van der Waals surface area (Å²) in [6.07, 6.45) is 1.93. The molecule has 344 valence electrons. The van der Waals surface area contributed by atoms with Gasteiger partial charge in [-0.05, 0) is 80.2 Å². The quantitative estimate of drug-likeness (QED) is 0.121. The Hall–Kier alpha value is -5.77. The fraction of sp³-hybridized carbons (Fsp3) is 0.311. The second-order valence-corrected chi connectivity index (χ2v) is 20.7. The van der Waals surface area contributed by atoms with Gasteiger partial charge in [0.1, 0.15) is 5.82 Å². The van der Waals surface area contributed by atoms with Crippen molar-refractivity contribution in [2.24, 2.45) is 4.99 Å². The second kappa shape index (κ2) is 19.1. The summed E-state index contributed by atoms with van der Waals surface area (Å²) in [5.41, 5.74) is 13.8. The molecule has 6 aromatic carbocycles. The molecule has 7 aromatic rings. The van der Waals surface area contributed by atoms with Crippen molar-refractivity contribution in [1.29, 1.82) is 0 Å². The average molecular weight is 1060 g/mol. The first-order valence-corrected chi connectivity index (χ1v) is 23.9. The number of amidine groups is 1. The Morgan fingerprint density at radius 1 is 0.642 bits per heavy atom. The molecule has 0 saturated carbocycles. The Kier molecular flexibility index (Phi) is 13.6.